The van der Waals surface area contributed by atoms with E-state index >= 15 is 0 Å². The fraction of sp³-hybridized carbons (Fsp3) is 0.571. The Balaban J connectivity index is 2.70. The van der Waals surface area contributed by atoms with Crippen molar-refractivity contribution >= 4 is 0 Å². The van der Waals surface area contributed by atoms with Gasteiger partial charge in [0.25, 0.3) is 0 Å². The van der Waals surface area contributed by atoms with Crippen LogP contribution in [0.25, 0.3) is 0 Å². The van der Waals surface area contributed by atoms with Crippen LogP contribution in [0, 0.1) is 0 Å². The normalized spacial score (nSPS) is 13.1. The van der Waals surface area contributed by atoms with E-state index in [1.807, 2.05) is 0 Å². The summed E-state index contributed by atoms with van der Waals surface area (Å²) in [4.78, 5) is 0. The quantitative estimate of drug-likeness (QED) is 0.685. The van der Waals surface area contributed by atoms with Crippen molar-refractivity contribution in [3.05, 3.63) is 35.4 Å². The zero-order chi connectivity index (χ0) is 12.0. The first kappa shape index (κ1) is 13.2. The van der Waals surface area contributed by atoms with Gasteiger partial charge < -0.3 is 9.47 Å². The van der Waals surface area contributed by atoms with Crippen LogP contribution in [0.2, 0.25) is 0 Å². The summed E-state index contributed by atoms with van der Waals surface area (Å²) in [6.45, 7) is 7.80. The van der Waals surface area contributed by atoms with E-state index in [1.54, 1.807) is 7.11 Å². The van der Waals surface area contributed by atoms with Crippen LogP contribution in [0.4, 0.5) is 0 Å². The molecule has 0 saturated carbocycles. The molecule has 1 aromatic rings. The van der Waals surface area contributed by atoms with Gasteiger partial charge in [0.2, 0.25) is 0 Å². The second-order valence-electron chi connectivity index (χ2n) is 4.29. The van der Waals surface area contributed by atoms with Crippen molar-refractivity contribution in [3.8, 4) is 0 Å². The van der Waals surface area contributed by atoms with Gasteiger partial charge in [0.05, 0.1) is 19.3 Å². The zero-order valence-electron chi connectivity index (χ0n) is 10.7. The largest absolute Gasteiger partial charge is 0.382 e. The Bertz CT molecular complexity index is 307. The average Bonchev–Trinajstić information content (AvgIpc) is 2.29. The van der Waals surface area contributed by atoms with Crippen LogP contribution in [0.15, 0.2) is 24.3 Å². The van der Waals surface area contributed by atoms with Crippen LogP contribution in [-0.4, -0.2) is 20.3 Å². The van der Waals surface area contributed by atoms with E-state index in [9.17, 15) is 0 Å². The molecule has 0 saturated heterocycles. The minimum atomic E-state index is 0.133. The van der Waals surface area contributed by atoms with Gasteiger partial charge in [0, 0.05) is 7.11 Å². The molecule has 0 aliphatic carbocycles. The van der Waals surface area contributed by atoms with E-state index in [0.717, 1.165) is 0 Å². The number of hydrogen-bond acceptors (Lipinski definition) is 2. The van der Waals surface area contributed by atoms with Crippen molar-refractivity contribution in [2.45, 2.75) is 32.8 Å². The summed E-state index contributed by atoms with van der Waals surface area (Å²) in [7, 11) is 1.69. The van der Waals surface area contributed by atoms with E-state index in [2.05, 4.69) is 45.0 Å². The van der Waals surface area contributed by atoms with Crippen LogP contribution in [0.1, 0.15) is 43.9 Å². The zero-order valence-corrected chi connectivity index (χ0v) is 10.7. The third-order valence-corrected chi connectivity index (χ3v) is 2.71. The molecule has 0 spiro atoms. The molecule has 0 aliphatic heterocycles. The molecule has 2 nitrogen and oxygen atoms in total. The SMILES string of the molecule is COCCOC(C)c1ccccc1C(C)C. The van der Waals surface area contributed by atoms with Crippen LogP contribution >= 0.6 is 0 Å². The molecule has 90 valence electrons. The Labute approximate surface area is 98.6 Å². The van der Waals surface area contributed by atoms with Crippen molar-refractivity contribution in [2.24, 2.45) is 0 Å². The maximum atomic E-state index is 5.73. The van der Waals surface area contributed by atoms with Gasteiger partial charge in [-0.25, -0.2) is 0 Å². The highest BCUT2D eigenvalue weighted by Gasteiger charge is 2.12. The monoisotopic (exact) mass is 222 g/mol. The summed E-state index contributed by atoms with van der Waals surface area (Å²) < 4.78 is 10.7. The van der Waals surface area contributed by atoms with E-state index in [0.29, 0.717) is 19.1 Å². The van der Waals surface area contributed by atoms with Crippen molar-refractivity contribution in [2.75, 3.05) is 20.3 Å². The maximum Gasteiger partial charge on any atom is 0.0800 e. The first-order valence-electron chi connectivity index (χ1n) is 5.86. The molecule has 2 heteroatoms. The van der Waals surface area contributed by atoms with Gasteiger partial charge in [-0.2, -0.15) is 0 Å². The second kappa shape index (κ2) is 6.66. The predicted octanol–water partition coefficient (Wildman–Crippen LogP) is 3.53. The van der Waals surface area contributed by atoms with Crippen molar-refractivity contribution in [1.29, 1.82) is 0 Å². The molecule has 1 aromatic carbocycles. The average molecular weight is 222 g/mol. The molecule has 0 N–H and O–H groups in total. The van der Waals surface area contributed by atoms with Gasteiger partial charge in [-0.3, -0.25) is 0 Å². The van der Waals surface area contributed by atoms with Gasteiger partial charge in [0.1, 0.15) is 0 Å². The van der Waals surface area contributed by atoms with Crippen molar-refractivity contribution < 1.29 is 9.47 Å². The number of ether oxygens (including phenoxy) is 2. The molecule has 0 heterocycles. The minimum absolute atomic E-state index is 0.133. The summed E-state index contributed by atoms with van der Waals surface area (Å²) in [5, 5.41) is 0. The first-order chi connectivity index (χ1) is 7.66. The Morgan fingerprint density at radius 1 is 1.00 bits per heavy atom. The molecule has 0 aliphatic rings. The third kappa shape index (κ3) is 3.62. The predicted molar refractivity (Wildman–Crippen MR) is 66.8 cm³/mol. The number of hydrogen-bond donors (Lipinski definition) is 0. The molecule has 1 unspecified atom stereocenters. The van der Waals surface area contributed by atoms with Crippen LogP contribution < -0.4 is 0 Å². The van der Waals surface area contributed by atoms with Gasteiger partial charge >= 0.3 is 0 Å². The van der Waals surface area contributed by atoms with Gasteiger partial charge in [-0.15, -0.1) is 0 Å². The lowest BCUT2D eigenvalue weighted by Crippen LogP contribution is -2.08. The van der Waals surface area contributed by atoms with Crippen molar-refractivity contribution in [3.63, 3.8) is 0 Å². The Morgan fingerprint density at radius 2 is 1.62 bits per heavy atom. The van der Waals surface area contributed by atoms with E-state index < -0.39 is 0 Å². The molecule has 16 heavy (non-hydrogen) atoms. The highest BCUT2D eigenvalue weighted by atomic mass is 16.5. The minimum Gasteiger partial charge on any atom is -0.382 e. The molecular weight excluding hydrogens is 200 g/mol. The number of methoxy groups -OCH3 is 1. The van der Waals surface area contributed by atoms with Gasteiger partial charge in [0.15, 0.2) is 0 Å². The molecule has 1 rings (SSSR count). The molecular formula is C14H22O2. The Morgan fingerprint density at radius 3 is 2.19 bits per heavy atom. The lowest BCUT2D eigenvalue weighted by atomic mass is 9.94. The highest BCUT2D eigenvalue weighted by Crippen LogP contribution is 2.26. The van der Waals surface area contributed by atoms with E-state index in [4.69, 9.17) is 9.47 Å². The fourth-order valence-electron chi connectivity index (χ4n) is 1.80. The van der Waals surface area contributed by atoms with Crippen molar-refractivity contribution in [1.82, 2.24) is 0 Å². The molecule has 1 atom stereocenters. The molecule has 0 bridgehead atoms. The third-order valence-electron chi connectivity index (χ3n) is 2.71. The standard InChI is InChI=1S/C14H22O2/c1-11(2)13-7-5-6-8-14(13)12(3)16-10-9-15-4/h5-8,11-12H,9-10H2,1-4H3. The van der Waals surface area contributed by atoms with E-state index in [-0.39, 0.29) is 6.10 Å². The highest BCUT2D eigenvalue weighted by molar-refractivity contribution is 5.31. The van der Waals surface area contributed by atoms with Gasteiger partial charge in [-0.05, 0) is 24.0 Å². The second-order valence-corrected chi connectivity index (χ2v) is 4.29. The van der Waals surface area contributed by atoms with Crippen LogP contribution in [0.5, 0.6) is 0 Å². The van der Waals surface area contributed by atoms with Gasteiger partial charge in [-0.1, -0.05) is 38.1 Å². The molecule has 0 radical (unpaired) electrons. The first-order valence-corrected chi connectivity index (χ1v) is 5.86. The lowest BCUT2D eigenvalue weighted by molar-refractivity contribution is 0.0251. The summed E-state index contributed by atoms with van der Waals surface area (Å²) in [5.41, 5.74) is 2.65. The topological polar surface area (TPSA) is 18.5 Å². The lowest BCUT2D eigenvalue weighted by Gasteiger charge is -2.19. The van der Waals surface area contributed by atoms with Crippen LogP contribution in [-0.2, 0) is 9.47 Å². The number of benzene rings is 1. The summed E-state index contributed by atoms with van der Waals surface area (Å²) in [5.74, 6) is 0.532. The maximum absolute atomic E-state index is 5.73. The smallest absolute Gasteiger partial charge is 0.0800 e. The summed E-state index contributed by atoms with van der Waals surface area (Å²) >= 11 is 0. The summed E-state index contributed by atoms with van der Waals surface area (Å²) in [6.07, 6.45) is 0.133. The Kier molecular flexibility index (Phi) is 5.50. The molecule has 0 aromatic heterocycles. The Hall–Kier alpha value is -0.860. The summed E-state index contributed by atoms with van der Waals surface area (Å²) in [6, 6.07) is 8.47. The number of rotatable bonds is 6. The van der Waals surface area contributed by atoms with Crippen LogP contribution in [0.3, 0.4) is 0 Å². The van der Waals surface area contributed by atoms with E-state index in [1.165, 1.54) is 11.1 Å². The molecule has 0 amide bonds. The fourth-order valence-corrected chi connectivity index (χ4v) is 1.80. The molecule has 0 fully saturated rings.